The maximum atomic E-state index is 12.5. The van der Waals surface area contributed by atoms with Crippen LogP contribution in [0.5, 0.6) is 0 Å². The lowest BCUT2D eigenvalue weighted by atomic mass is 10.2. The smallest absolute Gasteiger partial charge is 0.276 e. The van der Waals surface area contributed by atoms with E-state index in [1.165, 1.54) is 30.3 Å². The molecule has 0 amide bonds. The standard InChI is InChI=1S/C15H8Cl2F3N5/c16-12-6-5-11(7-13(12)17)23-25-14(8-21)24-22-10-3-1-9(2-4-10)15(18,19)20/h1-7,22H/b24-14+,25-23+. The fourth-order valence-corrected chi connectivity index (χ4v) is 1.87. The summed E-state index contributed by atoms with van der Waals surface area (Å²) in [4.78, 5) is 0. The highest BCUT2D eigenvalue weighted by atomic mass is 35.5. The number of nitrogens with one attached hydrogen (secondary N) is 1. The number of hydrazone groups is 1. The van der Waals surface area contributed by atoms with Crippen molar-refractivity contribution in [2.45, 2.75) is 6.18 Å². The quantitative estimate of drug-likeness (QED) is 0.302. The molecular formula is C15H8Cl2F3N5. The van der Waals surface area contributed by atoms with Crippen molar-refractivity contribution in [3.63, 3.8) is 0 Å². The van der Waals surface area contributed by atoms with Crippen molar-refractivity contribution in [2.75, 3.05) is 5.43 Å². The Labute approximate surface area is 150 Å². The number of anilines is 1. The minimum Gasteiger partial charge on any atom is -0.276 e. The Kier molecular flexibility index (Phi) is 5.96. The lowest BCUT2D eigenvalue weighted by molar-refractivity contribution is -0.137. The molecule has 0 saturated carbocycles. The van der Waals surface area contributed by atoms with E-state index in [-0.39, 0.29) is 16.5 Å². The van der Waals surface area contributed by atoms with Gasteiger partial charge in [-0.2, -0.15) is 18.4 Å². The molecule has 0 aliphatic carbocycles. The minimum atomic E-state index is -4.42. The Morgan fingerprint density at radius 2 is 1.72 bits per heavy atom. The summed E-state index contributed by atoms with van der Waals surface area (Å²) in [5, 5.41) is 20.6. The number of hydrogen-bond donors (Lipinski definition) is 1. The molecule has 0 aliphatic rings. The molecule has 2 rings (SSSR count). The van der Waals surface area contributed by atoms with Crippen molar-refractivity contribution < 1.29 is 13.2 Å². The third-order valence-electron chi connectivity index (χ3n) is 2.77. The molecular weight excluding hydrogens is 378 g/mol. The summed E-state index contributed by atoms with van der Waals surface area (Å²) in [7, 11) is 0. The van der Waals surface area contributed by atoms with E-state index < -0.39 is 11.7 Å². The lowest BCUT2D eigenvalue weighted by Gasteiger charge is -2.06. The second-order valence-corrected chi connectivity index (χ2v) is 5.35. The first-order valence-electron chi connectivity index (χ1n) is 6.57. The summed E-state index contributed by atoms with van der Waals surface area (Å²) < 4.78 is 37.4. The van der Waals surface area contributed by atoms with Gasteiger partial charge in [0.15, 0.2) is 0 Å². The van der Waals surface area contributed by atoms with Gasteiger partial charge in [0.2, 0.25) is 0 Å². The van der Waals surface area contributed by atoms with Gasteiger partial charge in [-0.15, -0.1) is 15.3 Å². The van der Waals surface area contributed by atoms with Gasteiger partial charge in [-0.05, 0) is 42.5 Å². The van der Waals surface area contributed by atoms with Crippen LogP contribution in [0.3, 0.4) is 0 Å². The van der Waals surface area contributed by atoms with Crippen LogP contribution in [-0.4, -0.2) is 5.84 Å². The van der Waals surface area contributed by atoms with Crippen LogP contribution in [0, 0.1) is 11.3 Å². The van der Waals surface area contributed by atoms with Gasteiger partial charge in [0.25, 0.3) is 5.84 Å². The number of nitrogens with zero attached hydrogens (tertiary/aromatic N) is 4. The molecule has 25 heavy (non-hydrogen) atoms. The van der Waals surface area contributed by atoms with E-state index in [1.807, 2.05) is 0 Å². The van der Waals surface area contributed by atoms with Crippen LogP contribution in [-0.2, 0) is 6.18 Å². The van der Waals surface area contributed by atoms with Gasteiger partial charge < -0.3 is 0 Å². The summed E-state index contributed by atoms with van der Waals surface area (Å²) >= 11 is 11.6. The molecule has 5 nitrogen and oxygen atoms in total. The number of nitriles is 1. The molecule has 10 heteroatoms. The lowest BCUT2D eigenvalue weighted by Crippen LogP contribution is -2.04. The van der Waals surface area contributed by atoms with E-state index >= 15 is 0 Å². The molecule has 0 unspecified atom stereocenters. The maximum Gasteiger partial charge on any atom is 0.416 e. The number of rotatable bonds is 3. The molecule has 0 spiro atoms. The summed E-state index contributed by atoms with van der Waals surface area (Å²) in [6, 6.07) is 10.3. The normalized spacial score (nSPS) is 12.2. The third-order valence-corrected chi connectivity index (χ3v) is 3.51. The Bertz CT molecular complexity index is 855. The van der Waals surface area contributed by atoms with Gasteiger partial charge in [-0.3, -0.25) is 5.43 Å². The van der Waals surface area contributed by atoms with Crippen molar-refractivity contribution in [3.8, 4) is 6.07 Å². The third kappa shape index (κ3) is 5.45. The van der Waals surface area contributed by atoms with Gasteiger partial charge in [0.05, 0.1) is 27.0 Å². The molecule has 2 aromatic carbocycles. The molecule has 0 radical (unpaired) electrons. The Morgan fingerprint density at radius 1 is 1.04 bits per heavy atom. The maximum absolute atomic E-state index is 12.5. The van der Waals surface area contributed by atoms with Crippen molar-refractivity contribution >= 4 is 40.4 Å². The van der Waals surface area contributed by atoms with Crippen LogP contribution in [0.1, 0.15) is 5.56 Å². The molecule has 1 N–H and O–H groups in total. The first-order valence-corrected chi connectivity index (χ1v) is 7.33. The zero-order valence-electron chi connectivity index (χ0n) is 12.2. The van der Waals surface area contributed by atoms with Crippen molar-refractivity contribution in [1.29, 1.82) is 5.26 Å². The molecule has 0 saturated heterocycles. The van der Waals surface area contributed by atoms with Crippen LogP contribution in [0.4, 0.5) is 24.5 Å². The fraction of sp³-hybridized carbons (Fsp3) is 0.0667. The van der Waals surface area contributed by atoms with E-state index in [4.69, 9.17) is 28.5 Å². The highest BCUT2D eigenvalue weighted by molar-refractivity contribution is 6.42. The van der Waals surface area contributed by atoms with E-state index in [1.54, 1.807) is 6.07 Å². The highest BCUT2D eigenvalue weighted by Crippen LogP contribution is 2.30. The molecule has 0 heterocycles. The van der Waals surface area contributed by atoms with Crippen molar-refractivity contribution in [2.24, 2.45) is 15.3 Å². The van der Waals surface area contributed by atoms with Gasteiger partial charge in [-0.25, -0.2) is 0 Å². The molecule has 0 bridgehead atoms. The van der Waals surface area contributed by atoms with E-state index in [0.29, 0.717) is 10.7 Å². The van der Waals surface area contributed by atoms with Gasteiger partial charge in [0, 0.05) is 0 Å². The van der Waals surface area contributed by atoms with Crippen LogP contribution in [0.25, 0.3) is 0 Å². The predicted octanol–water partition coefficient (Wildman–Crippen LogP) is 6.05. The molecule has 2 aromatic rings. The largest absolute Gasteiger partial charge is 0.416 e. The van der Waals surface area contributed by atoms with E-state index in [9.17, 15) is 13.2 Å². The summed E-state index contributed by atoms with van der Waals surface area (Å²) in [5.74, 6) is -0.328. The van der Waals surface area contributed by atoms with Crippen LogP contribution < -0.4 is 5.43 Å². The molecule has 0 aromatic heterocycles. The topological polar surface area (TPSA) is 72.9 Å². The van der Waals surface area contributed by atoms with Gasteiger partial charge in [-0.1, -0.05) is 23.2 Å². The predicted molar refractivity (Wildman–Crippen MR) is 89.1 cm³/mol. The Morgan fingerprint density at radius 3 is 2.28 bits per heavy atom. The first kappa shape index (κ1) is 18.7. The van der Waals surface area contributed by atoms with Crippen LogP contribution >= 0.6 is 23.2 Å². The monoisotopic (exact) mass is 385 g/mol. The zero-order valence-corrected chi connectivity index (χ0v) is 13.7. The average molecular weight is 386 g/mol. The first-order chi connectivity index (χ1) is 11.8. The van der Waals surface area contributed by atoms with Crippen LogP contribution in [0.15, 0.2) is 57.8 Å². The van der Waals surface area contributed by atoms with Crippen molar-refractivity contribution in [1.82, 2.24) is 0 Å². The van der Waals surface area contributed by atoms with Crippen LogP contribution in [0.2, 0.25) is 10.0 Å². The zero-order chi connectivity index (χ0) is 18.4. The van der Waals surface area contributed by atoms with E-state index in [0.717, 1.165) is 12.1 Å². The number of benzene rings is 2. The Balaban J connectivity index is 2.08. The Hall–Kier alpha value is -2.63. The van der Waals surface area contributed by atoms with Gasteiger partial charge >= 0.3 is 6.18 Å². The number of alkyl halides is 3. The van der Waals surface area contributed by atoms with Crippen molar-refractivity contribution in [3.05, 3.63) is 58.1 Å². The highest BCUT2D eigenvalue weighted by Gasteiger charge is 2.29. The molecule has 0 atom stereocenters. The summed E-state index contributed by atoms with van der Waals surface area (Å²) in [6.45, 7) is 0. The van der Waals surface area contributed by atoms with Gasteiger partial charge in [0.1, 0.15) is 6.07 Å². The second-order valence-electron chi connectivity index (χ2n) is 4.53. The average Bonchev–Trinajstić information content (AvgIpc) is 2.57. The molecule has 0 fully saturated rings. The summed E-state index contributed by atoms with van der Waals surface area (Å²) in [6.07, 6.45) is -4.42. The SMILES string of the molecule is N#CC(/N=N/c1ccc(Cl)c(Cl)c1)=N\Nc1ccc(C(F)(F)F)cc1. The van der Waals surface area contributed by atoms with E-state index in [2.05, 4.69) is 20.8 Å². The molecule has 128 valence electrons. The number of azo groups is 1. The number of hydrogen-bond acceptors (Lipinski definition) is 4. The minimum absolute atomic E-state index is 0.255. The number of amidine groups is 1. The fourth-order valence-electron chi connectivity index (χ4n) is 1.57. The number of halogens is 5. The second kappa shape index (κ2) is 7.96. The summed E-state index contributed by atoms with van der Waals surface area (Å²) in [5.41, 5.74) is 2.25. The molecule has 0 aliphatic heterocycles.